The van der Waals surface area contributed by atoms with Gasteiger partial charge in [-0.15, -0.1) is 0 Å². The minimum atomic E-state index is -0.147. The Kier molecular flexibility index (Phi) is 6.47. The molecule has 1 heterocycles. The molecule has 2 amide bonds. The smallest absolute Gasteiger partial charge is 0.317 e. The van der Waals surface area contributed by atoms with E-state index in [-0.39, 0.29) is 11.8 Å². The quantitative estimate of drug-likeness (QED) is 0.867. The van der Waals surface area contributed by atoms with Crippen molar-refractivity contribution in [1.29, 1.82) is 0 Å². The van der Waals surface area contributed by atoms with Gasteiger partial charge in [-0.3, -0.25) is 4.90 Å². The van der Waals surface area contributed by atoms with Crippen molar-refractivity contribution < 1.29 is 9.18 Å². The van der Waals surface area contributed by atoms with Crippen molar-refractivity contribution in [3.63, 3.8) is 0 Å². The minimum Gasteiger partial charge on any atom is -0.334 e. The molecule has 4 nitrogen and oxygen atoms in total. The maximum absolute atomic E-state index is 13.7. The van der Waals surface area contributed by atoms with Gasteiger partial charge in [0, 0.05) is 44.3 Å². The zero-order chi connectivity index (χ0) is 18.4. The van der Waals surface area contributed by atoms with Crippen molar-refractivity contribution >= 4 is 17.6 Å². The van der Waals surface area contributed by atoms with Gasteiger partial charge in [0.15, 0.2) is 0 Å². The zero-order valence-electron chi connectivity index (χ0n) is 14.6. The lowest BCUT2D eigenvalue weighted by Crippen LogP contribution is -2.51. The topological polar surface area (TPSA) is 35.6 Å². The van der Waals surface area contributed by atoms with Gasteiger partial charge in [0.2, 0.25) is 0 Å². The van der Waals surface area contributed by atoms with E-state index < -0.39 is 0 Å². The third kappa shape index (κ3) is 5.19. The first-order valence-corrected chi connectivity index (χ1v) is 9.22. The fourth-order valence-electron chi connectivity index (χ4n) is 3.09. The molecule has 0 bridgehead atoms. The molecule has 0 radical (unpaired) electrons. The molecule has 2 aromatic rings. The molecule has 2 aromatic carbocycles. The molecule has 1 aliphatic rings. The highest BCUT2D eigenvalue weighted by Crippen LogP contribution is 2.11. The van der Waals surface area contributed by atoms with Gasteiger partial charge in [-0.1, -0.05) is 41.9 Å². The summed E-state index contributed by atoms with van der Waals surface area (Å²) in [6.45, 7) is 4.24. The van der Waals surface area contributed by atoms with Gasteiger partial charge in [0.05, 0.1) is 0 Å². The van der Waals surface area contributed by atoms with Gasteiger partial charge in [0.25, 0.3) is 0 Å². The van der Waals surface area contributed by atoms with Crippen molar-refractivity contribution in [2.75, 3.05) is 32.7 Å². The molecular formula is C20H23ClFN3O. The molecule has 1 N–H and O–H groups in total. The van der Waals surface area contributed by atoms with Crippen LogP contribution in [-0.2, 0) is 13.0 Å². The minimum absolute atomic E-state index is 0.0567. The van der Waals surface area contributed by atoms with Crippen LogP contribution in [0.4, 0.5) is 9.18 Å². The molecule has 0 saturated carbocycles. The van der Waals surface area contributed by atoms with Gasteiger partial charge in [-0.05, 0) is 35.7 Å². The normalized spacial score (nSPS) is 15.1. The van der Waals surface area contributed by atoms with Gasteiger partial charge in [0.1, 0.15) is 5.82 Å². The molecule has 0 unspecified atom stereocenters. The Morgan fingerprint density at radius 1 is 1.08 bits per heavy atom. The number of hydrogen-bond donors (Lipinski definition) is 1. The number of halogens is 2. The molecule has 0 aromatic heterocycles. The molecule has 138 valence electrons. The third-order valence-corrected chi connectivity index (χ3v) is 4.88. The number of hydrogen-bond acceptors (Lipinski definition) is 2. The van der Waals surface area contributed by atoms with E-state index in [9.17, 15) is 9.18 Å². The van der Waals surface area contributed by atoms with Crippen LogP contribution in [-0.4, -0.2) is 48.6 Å². The number of nitrogens with one attached hydrogen (secondary N) is 1. The summed E-state index contributed by atoms with van der Waals surface area (Å²) in [6, 6.07) is 14.3. The van der Waals surface area contributed by atoms with Crippen LogP contribution in [0.2, 0.25) is 5.02 Å². The predicted molar refractivity (Wildman–Crippen MR) is 102 cm³/mol. The van der Waals surface area contributed by atoms with E-state index in [2.05, 4.69) is 10.2 Å². The Labute approximate surface area is 158 Å². The highest BCUT2D eigenvalue weighted by atomic mass is 35.5. The van der Waals surface area contributed by atoms with Crippen molar-refractivity contribution in [2.24, 2.45) is 0 Å². The van der Waals surface area contributed by atoms with Crippen molar-refractivity contribution in [3.8, 4) is 0 Å². The summed E-state index contributed by atoms with van der Waals surface area (Å²) in [4.78, 5) is 16.4. The second-order valence-electron chi connectivity index (χ2n) is 6.46. The lowest BCUT2D eigenvalue weighted by atomic mass is 10.1. The summed E-state index contributed by atoms with van der Waals surface area (Å²) in [7, 11) is 0. The summed E-state index contributed by atoms with van der Waals surface area (Å²) < 4.78 is 13.7. The maximum Gasteiger partial charge on any atom is 0.317 e. The second kappa shape index (κ2) is 9.01. The Morgan fingerprint density at radius 3 is 2.58 bits per heavy atom. The fraction of sp³-hybridized carbons (Fsp3) is 0.350. The number of nitrogens with zero attached hydrogens (tertiary/aromatic N) is 2. The van der Waals surface area contributed by atoms with E-state index in [0.29, 0.717) is 31.1 Å². The van der Waals surface area contributed by atoms with E-state index in [1.54, 1.807) is 6.07 Å². The molecule has 6 heteroatoms. The fourth-order valence-corrected chi connectivity index (χ4v) is 3.30. The number of benzene rings is 2. The molecule has 1 saturated heterocycles. The molecular weight excluding hydrogens is 353 g/mol. The zero-order valence-corrected chi connectivity index (χ0v) is 15.4. The molecule has 26 heavy (non-hydrogen) atoms. The van der Waals surface area contributed by atoms with Crippen LogP contribution >= 0.6 is 11.6 Å². The van der Waals surface area contributed by atoms with E-state index in [1.165, 1.54) is 6.07 Å². The number of rotatable bonds is 5. The average Bonchev–Trinajstić information content (AvgIpc) is 2.66. The molecule has 0 aliphatic carbocycles. The largest absolute Gasteiger partial charge is 0.334 e. The van der Waals surface area contributed by atoms with E-state index in [0.717, 1.165) is 30.8 Å². The van der Waals surface area contributed by atoms with Crippen LogP contribution in [0.15, 0.2) is 48.5 Å². The molecule has 1 fully saturated rings. The summed E-state index contributed by atoms with van der Waals surface area (Å²) in [5.41, 5.74) is 1.73. The number of amides is 2. The summed E-state index contributed by atoms with van der Waals surface area (Å²) in [5, 5.41) is 3.60. The average molecular weight is 376 g/mol. The first kappa shape index (κ1) is 18.7. The van der Waals surface area contributed by atoms with E-state index in [4.69, 9.17) is 11.6 Å². The molecule has 3 rings (SSSR count). The van der Waals surface area contributed by atoms with Gasteiger partial charge in [-0.2, -0.15) is 0 Å². The van der Waals surface area contributed by atoms with Crippen molar-refractivity contribution in [1.82, 2.24) is 15.1 Å². The lowest BCUT2D eigenvalue weighted by molar-refractivity contribution is 0.139. The number of carbonyl (C=O) groups excluding carboxylic acids is 1. The van der Waals surface area contributed by atoms with Gasteiger partial charge >= 0.3 is 6.03 Å². The highest BCUT2D eigenvalue weighted by Gasteiger charge is 2.20. The Bertz CT molecular complexity index is 747. The predicted octanol–water partition coefficient (Wildman–Crippen LogP) is 3.55. The standard InChI is InChI=1S/C20H23ClFN3O/c21-18-6-3-4-16(14-18)15-23-20(26)25-12-10-24(11-13-25)9-8-17-5-1-2-7-19(17)22/h1-7,14H,8-13,15H2,(H,23,26). The number of piperazine rings is 1. The van der Waals surface area contributed by atoms with Crippen LogP contribution in [0.5, 0.6) is 0 Å². The van der Waals surface area contributed by atoms with Crippen molar-refractivity contribution in [3.05, 3.63) is 70.5 Å². The van der Waals surface area contributed by atoms with E-state index in [1.807, 2.05) is 41.3 Å². The van der Waals surface area contributed by atoms with Gasteiger partial charge in [-0.25, -0.2) is 9.18 Å². The summed E-state index contributed by atoms with van der Waals surface area (Å²) in [6.07, 6.45) is 0.688. The Morgan fingerprint density at radius 2 is 1.85 bits per heavy atom. The summed E-state index contributed by atoms with van der Waals surface area (Å²) >= 11 is 5.96. The third-order valence-electron chi connectivity index (χ3n) is 4.65. The lowest BCUT2D eigenvalue weighted by Gasteiger charge is -2.34. The number of carbonyl (C=O) groups is 1. The van der Waals surface area contributed by atoms with E-state index >= 15 is 0 Å². The number of urea groups is 1. The van der Waals surface area contributed by atoms with Crippen LogP contribution in [0.25, 0.3) is 0 Å². The maximum atomic E-state index is 13.7. The van der Waals surface area contributed by atoms with Crippen LogP contribution in [0.3, 0.4) is 0 Å². The highest BCUT2D eigenvalue weighted by molar-refractivity contribution is 6.30. The Hall–Kier alpha value is -2.11. The summed E-state index contributed by atoms with van der Waals surface area (Å²) in [5.74, 6) is -0.147. The molecule has 1 aliphatic heterocycles. The first-order valence-electron chi connectivity index (χ1n) is 8.85. The van der Waals surface area contributed by atoms with Crippen LogP contribution < -0.4 is 5.32 Å². The first-order chi connectivity index (χ1) is 12.6. The van der Waals surface area contributed by atoms with Crippen LogP contribution in [0, 0.1) is 5.82 Å². The SMILES string of the molecule is O=C(NCc1cccc(Cl)c1)N1CCN(CCc2ccccc2F)CC1. The Balaban J connectivity index is 1.40. The van der Waals surface area contributed by atoms with Crippen LogP contribution in [0.1, 0.15) is 11.1 Å². The second-order valence-corrected chi connectivity index (χ2v) is 6.90. The molecule has 0 atom stereocenters. The monoisotopic (exact) mass is 375 g/mol. The molecule has 0 spiro atoms. The van der Waals surface area contributed by atoms with Crippen molar-refractivity contribution in [2.45, 2.75) is 13.0 Å². The van der Waals surface area contributed by atoms with Gasteiger partial charge < -0.3 is 10.2 Å².